The summed E-state index contributed by atoms with van der Waals surface area (Å²) in [6.45, 7) is 0.361. The van der Waals surface area contributed by atoms with Crippen molar-refractivity contribution in [3.8, 4) is 0 Å². The molecule has 0 aliphatic rings. The average molecular weight is 244 g/mol. The number of hydrogen-bond donors (Lipinski definition) is 2. The van der Waals surface area contributed by atoms with E-state index < -0.39 is 6.43 Å². The van der Waals surface area contributed by atoms with E-state index in [4.69, 9.17) is 10.5 Å². The Kier molecular flexibility index (Phi) is 6.04. The molecule has 1 unspecified atom stereocenters. The number of nitrogens with two attached hydrogens (primary N) is 1. The molecular weight excluding hydrogens is 226 g/mol. The highest BCUT2D eigenvalue weighted by Crippen LogP contribution is 2.18. The minimum atomic E-state index is -2.38. The van der Waals surface area contributed by atoms with Gasteiger partial charge in [-0.15, -0.1) is 0 Å². The normalized spacial score (nSPS) is 13.0. The number of methoxy groups -OCH3 is 1. The quantitative estimate of drug-likeness (QED) is 0.767. The van der Waals surface area contributed by atoms with Crippen molar-refractivity contribution in [3.63, 3.8) is 0 Å². The molecular formula is C12H18F2N2O. The summed E-state index contributed by atoms with van der Waals surface area (Å²) in [5.41, 5.74) is 7.49. The number of rotatable bonds is 7. The Morgan fingerprint density at radius 3 is 2.65 bits per heavy atom. The molecule has 0 heterocycles. The summed E-state index contributed by atoms with van der Waals surface area (Å²) in [4.78, 5) is 0. The second-order valence-corrected chi connectivity index (χ2v) is 3.72. The van der Waals surface area contributed by atoms with Crippen molar-refractivity contribution in [2.45, 2.75) is 19.1 Å². The Morgan fingerprint density at radius 2 is 2.06 bits per heavy atom. The standard InChI is InChI=1S/C12H18F2N2O/c1-17-8-9-4-2-3-5-10(9)11(6-15)16-7-12(13)14/h2-5,11-12,16H,6-8,15H2,1H3. The van der Waals surface area contributed by atoms with Crippen LogP contribution in [0.3, 0.4) is 0 Å². The van der Waals surface area contributed by atoms with Gasteiger partial charge < -0.3 is 15.8 Å². The van der Waals surface area contributed by atoms with E-state index in [0.717, 1.165) is 11.1 Å². The fraction of sp³-hybridized carbons (Fsp3) is 0.500. The maximum absolute atomic E-state index is 12.2. The fourth-order valence-electron chi connectivity index (χ4n) is 1.71. The van der Waals surface area contributed by atoms with Gasteiger partial charge in [-0.2, -0.15) is 0 Å². The van der Waals surface area contributed by atoms with Gasteiger partial charge in [0.15, 0.2) is 0 Å². The van der Waals surface area contributed by atoms with Crippen LogP contribution in [-0.2, 0) is 11.3 Å². The molecule has 0 amide bonds. The van der Waals surface area contributed by atoms with Crippen LogP contribution in [-0.4, -0.2) is 26.6 Å². The molecule has 1 aromatic carbocycles. The largest absolute Gasteiger partial charge is 0.380 e. The van der Waals surface area contributed by atoms with Crippen LogP contribution in [0.5, 0.6) is 0 Å². The van der Waals surface area contributed by atoms with Gasteiger partial charge in [-0.25, -0.2) is 8.78 Å². The van der Waals surface area contributed by atoms with Crippen molar-refractivity contribution in [2.75, 3.05) is 20.2 Å². The van der Waals surface area contributed by atoms with E-state index in [1.165, 1.54) is 0 Å². The van der Waals surface area contributed by atoms with E-state index in [-0.39, 0.29) is 19.1 Å². The summed E-state index contributed by atoms with van der Waals surface area (Å²) >= 11 is 0. The molecule has 0 radical (unpaired) electrons. The lowest BCUT2D eigenvalue weighted by Crippen LogP contribution is -2.32. The van der Waals surface area contributed by atoms with Crippen LogP contribution in [0.4, 0.5) is 8.78 Å². The Bertz CT molecular complexity index is 334. The van der Waals surface area contributed by atoms with Crippen molar-refractivity contribution in [3.05, 3.63) is 35.4 Å². The van der Waals surface area contributed by atoms with Crippen molar-refractivity contribution < 1.29 is 13.5 Å². The van der Waals surface area contributed by atoms with Gasteiger partial charge in [-0.1, -0.05) is 24.3 Å². The van der Waals surface area contributed by atoms with Gasteiger partial charge in [0.25, 0.3) is 6.43 Å². The molecule has 0 saturated heterocycles. The van der Waals surface area contributed by atoms with E-state index in [1.807, 2.05) is 24.3 Å². The maximum atomic E-state index is 12.2. The second-order valence-electron chi connectivity index (χ2n) is 3.72. The molecule has 5 heteroatoms. The predicted molar refractivity (Wildman–Crippen MR) is 63.0 cm³/mol. The SMILES string of the molecule is COCc1ccccc1C(CN)NCC(F)F. The van der Waals surface area contributed by atoms with Crippen LogP contribution < -0.4 is 11.1 Å². The summed E-state index contributed by atoms with van der Waals surface area (Å²) in [5.74, 6) is 0. The molecule has 0 saturated carbocycles. The fourth-order valence-corrected chi connectivity index (χ4v) is 1.71. The third kappa shape index (κ3) is 4.38. The highest BCUT2D eigenvalue weighted by Gasteiger charge is 2.14. The first-order valence-corrected chi connectivity index (χ1v) is 5.47. The first kappa shape index (κ1) is 14.0. The highest BCUT2D eigenvalue weighted by atomic mass is 19.3. The lowest BCUT2D eigenvalue weighted by Gasteiger charge is -2.20. The van der Waals surface area contributed by atoms with E-state index >= 15 is 0 Å². The summed E-state index contributed by atoms with van der Waals surface area (Å²) in [7, 11) is 1.60. The molecule has 1 rings (SSSR count). The molecule has 3 nitrogen and oxygen atoms in total. The van der Waals surface area contributed by atoms with Crippen LogP contribution in [0.25, 0.3) is 0 Å². The zero-order valence-corrected chi connectivity index (χ0v) is 9.83. The number of benzene rings is 1. The minimum Gasteiger partial charge on any atom is -0.380 e. The zero-order valence-electron chi connectivity index (χ0n) is 9.83. The van der Waals surface area contributed by atoms with Gasteiger partial charge in [-0.05, 0) is 11.1 Å². The third-order valence-electron chi connectivity index (χ3n) is 2.48. The van der Waals surface area contributed by atoms with Crippen LogP contribution in [0.1, 0.15) is 17.2 Å². The molecule has 17 heavy (non-hydrogen) atoms. The Labute approximate surface area is 100.0 Å². The third-order valence-corrected chi connectivity index (χ3v) is 2.48. The van der Waals surface area contributed by atoms with Crippen LogP contribution >= 0.6 is 0 Å². The smallest absolute Gasteiger partial charge is 0.250 e. The molecule has 96 valence electrons. The first-order valence-electron chi connectivity index (χ1n) is 5.47. The van der Waals surface area contributed by atoms with Crippen molar-refractivity contribution in [1.82, 2.24) is 5.32 Å². The number of nitrogens with one attached hydrogen (secondary N) is 1. The molecule has 0 bridgehead atoms. The number of hydrogen-bond acceptors (Lipinski definition) is 3. The van der Waals surface area contributed by atoms with E-state index in [2.05, 4.69) is 5.32 Å². The lowest BCUT2D eigenvalue weighted by atomic mass is 10.0. The van der Waals surface area contributed by atoms with Gasteiger partial charge in [0, 0.05) is 19.7 Å². The van der Waals surface area contributed by atoms with Gasteiger partial charge in [0.1, 0.15) is 0 Å². The van der Waals surface area contributed by atoms with Gasteiger partial charge >= 0.3 is 0 Å². The van der Waals surface area contributed by atoms with Crippen molar-refractivity contribution >= 4 is 0 Å². The first-order chi connectivity index (χ1) is 8.19. The summed E-state index contributed by atoms with van der Waals surface area (Å²) in [6.07, 6.45) is -2.38. The summed E-state index contributed by atoms with van der Waals surface area (Å²) in [5, 5.41) is 2.75. The zero-order chi connectivity index (χ0) is 12.7. The number of alkyl halides is 2. The lowest BCUT2D eigenvalue weighted by molar-refractivity contribution is 0.141. The Hall–Kier alpha value is -1.04. The van der Waals surface area contributed by atoms with Crippen molar-refractivity contribution in [1.29, 1.82) is 0 Å². The molecule has 3 N–H and O–H groups in total. The summed E-state index contributed by atoms with van der Waals surface area (Å²) in [6, 6.07) is 7.27. The molecule has 1 aromatic rings. The van der Waals surface area contributed by atoms with Gasteiger partial charge in [0.05, 0.1) is 13.2 Å². The van der Waals surface area contributed by atoms with E-state index in [1.54, 1.807) is 7.11 Å². The van der Waals surface area contributed by atoms with Crippen molar-refractivity contribution in [2.24, 2.45) is 5.73 Å². The van der Waals surface area contributed by atoms with Crippen LogP contribution in [0, 0.1) is 0 Å². The molecule has 1 atom stereocenters. The predicted octanol–water partition coefficient (Wildman–Crippen LogP) is 1.69. The number of halogens is 2. The monoisotopic (exact) mass is 244 g/mol. The van der Waals surface area contributed by atoms with E-state index in [9.17, 15) is 8.78 Å². The maximum Gasteiger partial charge on any atom is 0.250 e. The molecule has 0 aliphatic carbocycles. The molecule has 0 aromatic heterocycles. The van der Waals surface area contributed by atoms with E-state index in [0.29, 0.717) is 6.61 Å². The van der Waals surface area contributed by atoms with Crippen LogP contribution in [0.2, 0.25) is 0 Å². The van der Waals surface area contributed by atoms with Gasteiger partial charge in [-0.3, -0.25) is 0 Å². The average Bonchev–Trinajstić information content (AvgIpc) is 2.32. The molecule has 0 aliphatic heterocycles. The Balaban J connectivity index is 2.79. The van der Waals surface area contributed by atoms with Gasteiger partial charge in [0.2, 0.25) is 0 Å². The Morgan fingerprint density at radius 1 is 1.35 bits per heavy atom. The minimum absolute atomic E-state index is 0.268. The molecule has 0 fully saturated rings. The van der Waals surface area contributed by atoms with Crippen LogP contribution in [0.15, 0.2) is 24.3 Å². The number of ether oxygens (including phenoxy) is 1. The second kappa shape index (κ2) is 7.32. The molecule has 0 spiro atoms. The highest BCUT2D eigenvalue weighted by molar-refractivity contribution is 5.29. The topological polar surface area (TPSA) is 47.3 Å². The summed E-state index contributed by atoms with van der Waals surface area (Å²) < 4.78 is 29.4.